The molecule has 1 fully saturated rings. The predicted octanol–water partition coefficient (Wildman–Crippen LogP) is 1.65. The van der Waals surface area contributed by atoms with Crippen LogP contribution in [0.4, 0.5) is 5.69 Å². The van der Waals surface area contributed by atoms with E-state index in [1.165, 1.54) is 0 Å². The minimum atomic E-state index is 0.0772. The molecule has 1 saturated heterocycles. The van der Waals surface area contributed by atoms with Crippen LogP contribution in [-0.2, 0) is 16.0 Å². The Morgan fingerprint density at radius 1 is 1.34 bits per heavy atom. The van der Waals surface area contributed by atoms with Gasteiger partial charge < -0.3 is 29.4 Å². The number of azo groups is 1. The molecule has 0 unspecified atom stereocenters. The fraction of sp³-hybridized carbons (Fsp3) is 0.550. The first kappa shape index (κ1) is 21.6. The molecule has 1 aliphatic rings. The molecule has 158 valence electrons. The highest BCUT2D eigenvalue weighted by molar-refractivity contribution is 7.80. The van der Waals surface area contributed by atoms with Gasteiger partial charge in [0.15, 0.2) is 5.69 Å². The van der Waals surface area contributed by atoms with Crippen LogP contribution >= 0.6 is 12.2 Å². The highest BCUT2D eigenvalue weighted by atomic mass is 32.1. The summed E-state index contributed by atoms with van der Waals surface area (Å²) in [6.07, 6.45) is 1.01. The van der Waals surface area contributed by atoms with E-state index in [0.29, 0.717) is 30.6 Å². The molecule has 0 bridgehead atoms. The highest BCUT2D eigenvalue weighted by Gasteiger charge is 2.16. The maximum atomic E-state index is 10.7. The van der Waals surface area contributed by atoms with Gasteiger partial charge in [-0.15, -0.1) is 10.2 Å². The second kappa shape index (κ2) is 11.2. The molecule has 0 radical (unpaired) electrons. The molecule has 29 heavy (non-hydrogen) atoms. The van der Waals surface area contributed by atoms with Gasteiger partial charge in [0.1, 0.15) is 13.1 Å². The van der Waals surface area contributed by atoms with Crippen LogP contribution < -0.4 is 10.2 Å². The van der Waals surface area contributed by atoms with Crippen molar-refractivity contribution < 1.29 is 19.5 Å². The van der Waals surface area contributed by atoms with Gasteiger partial charge in [0.2, 0.25) is 11.0 Å². The Labute approximate surface area is 176 Å². The Bertz CT molecular complexity index is 833. The normalized spacial score (nSPS) is 15.3. The van der Waals surface area contributed by atoms with Crippen molar-refractivity contribution in [2.75, 3.05) is 52.6 Å². The summed E-state index contributed by atoms with van der Waals surface area (Å²) in [7, 11) is 0. The van der Waals surface area contributed by atoms with Crippen LogP contribution in [0.1, 0.15) is 13.3 Å². The molecule has 1 aliphatic heterocycles. The zero-order valence-electron chi connectivity index (χ0n) is 16.9. The lowest BCUT2D eigenvalue weighted by molar-refractivity contribution is -0.908. The van der Waals surface area contributed by atoms with E-state index in [0.717, 1.165) is 56.7 Å². The number of nitrogens with one attached hydrogen (secondary N) is 2. The molecule has 3 N–H and O–H groups in total. The van der Waals surface area contributed by atoms with Crippen molar-refractivity contribution in [3.8, 4) is 5.88 Å². The Hall–Kier alpha value is -2.07. The molecule has 0 aliphatic carbocycles. The lowest BCUT2D eigenvalue weighted by Gasteiger charge is -2.23. The summed E-state index contributed by atoms with van der Waals surface area (Å²) >= 11 is 5.27. The SMILES string of the molecule is CCOCCn1c(O)c(N=NC(=S)NCCC[NH+]2CCOCC2)c2ccccc21. The molecule has 8 nitrogen and oxygen atoms in total. The van der Waals surface area contributed by atoms with Crippen molar-refractivity contribution in [3.05, 3.63) is 24.3 Å². The fourth-order valence-corrected chi connectivity index (χ4v) is 3.61. The molecule has 0 spiro atoms. The zero-order valence-corrected chi connectivity index (χ0v) is 17.7. The highest BCUT2D eigenvalue weighted by Crippen LogP contribution is 2.38. The number of rotatable bonds is 9. The van der Waals surface area contributed by atoms with Crippen LogP contribution in [0.3, 0.4) is 0 Å². The molecular formula is C20H30N5O3S+. The first-order valence-corrected chi connectivity index (χ1v) is 10.6. The van der Waals surface area contributed by atoms with E-state index in [9.17, 15) is 5.11 Å². The summed E-state index contributed by atoms with van der Waals surface area (Å²) in [4.78, 5) is 1.57. The Balaban J connectivity index is 1.57. The van der Waals surface area contributed by atoms with Gasteiger partial charge in [0, 0.05) is 31.5 Å². The van der Waals surface area contributed by atoms with Crippen molar-refractivity contribution in [2.45, 2.75) is 19.9 Å². The van der Waals surface area contributed by atoms with Gasteiger partial charge in [-0.25, -0.2) is 0 Å². The van der Waals surface area contributed by atoms with Crippen LogP contribution in [0.2, 0.25) is 0 Å². The zero-order chi connectivity index (χ0) is 20.5. The quantitative estimate of drug-likeness (QED) is 0.326. The van der Waals surface area contributed by atoms with Crippen LogP contribution in [0, 0.1) is 0 Å². The molecule has 1 aromatic carbocycles. The lowest BCUT2D eigenvalue weighted by atomic mass is 10.2. The minimum absolute atomic E-state index is 0.0772. The van der Waals surface area contributed by atoms with E-state index < -0.39 is 0 Å². The number of hydrogen-bond acceptors (Lipinski definition) is 5. The molecule has 9 heteroatoms. The van der Waals surface area contributed by atoms with Crippen molar-refractivity contribution >= 4 is 33.9 Å². The van der Waals surface area contributed by atoms with Gasteiger partial charge in [0.25, 0.3) is 0 Å². The van der Waals surface area contributed by atoms with E-state index in [-0.39, 0.29) is 5.88 Å². The second-order valence-electron chi connectivity index (χ2n) is 6.94. The number of hydrogen-bond donors (Lipinski definition) is 3. The molecule has 0 amide bonds. The Kier molecular flexibility index (Phi) is 8.36. The molecular weight excluding hydrogens is 390 g/mol. The Morgan fingerprint density at radius 3 is 2.93 bits per heavy atom. The van der Waals surface area contributed by atoms with Gasteiger partial charge in [-0.3, -0.25) is 0 Å². The maximum Gasteiger partial charge on any atom is 0.220 e. The maximum absolute atomic E-state index is 10.7. The van der Waals surface area contributed by atoms with Gasteiger partial charge >= 0.3 is 0 Å². The van der Waals surface area contributed by atoms with Gasteiger partial charge in [-0.1, -0.05) is 18.2 Å². The topological polar surface area (TPSA) is 84.8 Å². The fourth-order valence-electron chi connectivity index (χ4n) is 3.47. The second-order valence-corrected chi connectivity index (χ2v) is 7.32. The van der Waals surface area contributed by atoms with E-state index in [1.807, 2.05) is 31.2 Å². The average Bonchev–Trinajstić information content (AvgIpc) is 3.02. The number of quaternary nitrogens is 1. The van der Waals surface area contributed by atoms with E-state index in [4.69, 9.17) is 21.7 Å². The first-order valence-electron chi connectivity index (χ1n) is 10.2. The average molecular weight is 421 g/mol. The number of morpholine rings is 1. The third-order valence-corrected chi connectivity index (χ3v) is 5.23. The molecule has 0 atom stereocenters. The third-order valence-electron chi connectivity index (χ3n) is 5.00. The number of fused-ring (bicyclic) bond motifs is 1. The standard InChI is InChI=1S/C20H29N5O3S/c1-2-27-15-12-25-17-7-4-3-6-16(17)18(19(25)26)22-23-20(29)21-8-5-9-24-10-13-28-14-11-24/h3-4,6-7,26H,2,5,8-15H2,1H3,(H,21,29)/p+1. The number of benzene rings is 1. The first-order chi connectivity index (χ1) is 14.2. The summed E-state index contributed by atoms with van der Waals surface area (Å²) in [6.45, 7) is 9.31. The van der Waals surface area contributed by atoms with E-state index in [2.05, 4.69) is 15.5 Å². The van der Waals surface area contributed by atoms with Crippen molar-refractivity contribution in [2.24, 2.45) is 10.2 Å². The van der Waals surface area contributed by atoms with E-state index in [1.54, 1.807) is 9.47 Å². The Morgan fingerprint density at radius 2 is 2.14 bits per heavy atom. The largest absolute Gasteiger partial charge is 0.493 e. The number of ether oxygens (including phenoxy) is 2. The van der Waals surface area contributed by atoms with Crippen molar-refractivity contribution in [1.82, 2.24) is 9.88 Å². The van der Waals surface area contributed by atoms with E-state index >= 15 is 0 Å². The number of aromatic hydroxyl groups is 1. The molecule has 2 aromatic rings. The summed E-state index contributed by atoms with van der Waals surface area (Å²) < 4.78 is 12.6. The van der Waals surface area contributed by atoms with Crippen LogP contribution in [0.15, 0.2) is 34.5 Å². The van der Waals surface area contributed by atoms with Gasteiger partial charge in [-0.2, -0.15) is 0 Å². The lowest BCUT2D eigenvalue weighted by Crippen LogP contribution is -3.14. The summed E-state index contributed by atoms with van der Waals surface area (Å²) in [5.74, 6) is 0.0772. The number of nitrogens with zero attached hydrogens (tertiary/aromatic N) is 3. The molecule has 0 saturated carbocycles. The van der Waals surface area contributed by atoms with Crippen LogP contribution in [0.25, 0.3) is 10.9 Å². The number of para-hydroxylation sites is 1. The van der Waals surface area contributed by atoms with Crippen LogP contribution in [-0.4, -0.2) is 67.4 Å². The van der Waals surface area contributed by atoms with Crippen molar-refractivity contribution in [3.63, 3.8) is 0 Å². The van der Waals surface area contributed by atoms with Gasteiger partial charge in [-0.05, 0) is 25.2 Å². The third kappa shape index (κ3) is 5.96. The molecule has 3 rings (SSSR count). The smallest absolute Gasteiger partial charge is 0.220 e. The van der Waals surface area contributed by atoms with Crippen LogP contribution in [0.5, 0.6) is 5.88 Å². The summed E-state index contributed by atoms with van der Waals surface area (Å²) in [6, 6.07) is 7.72. The number of aromatic nitrogens is 1. The van der Waals surface area contributed by atoms with Gasteiger partial charge in [0.05, 0.1) is 31.9 Å². The summed E-state index contributed by atoms with van der Waals surface area (Å²) in [5, 5.41) is 23.3. The number of thiocarbonyl (C=S) groups is 1. The summed E-state index contributed by atoms with van der Waals surface area (Å²) in [5.41, 5.74) is 1.32. The predicted molar refractivity (Wildman–Crippen MR) is 116 cm³/mol. The molecule has 1 aromatic heterocycles. The monoisotopic (exact) mass is 420 g/mol. The molecule has 2 heterocycles. The van der Waals surface area contributed by atoms with Crippen molar-refractivity contribution in [1.29, 1.82) is 0 Å². The minimum Gasteiger partial charge on any atom is -0.493 e.